The van der Waals surface area contributed by atoms with Gasteiger partial charge in [-0.15, -0.1) is 0 Å². The number of H-pyrrole nitrogens is 1. The molecule has 4 heteroatoms. The van der Waals surface area contributed by atoms with E-state index in [1.165, 1.54) is 0 Å². The molecule has 0 unspecified atom stereocenters. The quantitative estimate of drug-likeness (QED) is 0.750. The first kappa shape index (κ1) is 11.7. The number of nitrogens with zero attached hydrogens (tertiary/aromatic N) is 2. The molecule has 0 radical (unpaired) electrons. The van der Waals surface area contributed by atoms with Gasteiger partial charge in [0.2, 0.25) is 0 Å². The molecule has 0 aliphatic carbocycles. The third kappa shape index (κ3) is 2.57. The highest BCUT2D eigenvalue weighted by Gasteiger charge is 2.03. The molecule has 0 saturated carbocycles. The van der Waals surface area contributed by atoms with Crippen LogP contribution in [-0.4, -0.2) is 21.5 Å². The summed E-state index contributed by atoms with van der Waals surface area (Å²) < 4.78 is 0. The highest BCUT2D eigenvalue weighted by molar-refractivity contribution is 5.91. The summed E-state index contributed by atoms with van der Waals surface area (Å²) in [4.78, 5) is 11.7. The zero-order valence-corrected chi connectivity index (χ0v) is 10.9. The van der Waals surface area contributed by atoms with Crippen LogP contribution >= 0.6 is 0 Å². The lowest BCUT2D eigenvalue weighted by molar-refractivity contribution is 0.977. The minimum Gasteiger partial charge on any atom is -0.384 e. The lowest BCUT2D eigenvalue weighted by Crippen LogP contribution is -2.06. The number of rotatable bonds is 4. The third-order valence-corrected chi connectivity index (χ3v) is 3.11. The number of aromatic amines is 1. The van der Waals surface area contributed by atoms with Crippen LogP contribution in [-0.2, 0) is 6.42 Å². The van der Waals surface area contributed by atoms with Crippen LogP contribution < -0.4 is 5.32 Å². The number of aryl methyl sites for hydroxylation is 1. The monoisotopic (exact) mass is 252 g/mol. The third-order valence-electron chi connectivity index (χ3n) is 3.11. The molecule has 0 bridgehead atoms. The zero-order chi connectivity index (χ0) is 13.1. The van der Waals surface area contributed by atoms with Crippen molar-refractivity contribution in [2.24, 2.45) is 0 Å². The SMILES string of the molecule is Cc1cc(NCCc2cnc[nH]2)c2ccccc2n1. The van der Waals surface area contributed by atoms with Gasteiger partial charge in [0.25, 0.3) is 0 Å². The number of nitrogens with one attached hydrogen (secondary N) is 2. The van der Waals surface area contributed by atoms with E-state index >= 15 is 0 Å². The standard InChI is InChI=1S/C15H16N4/c1-11-8-15(13-4-2-3-5-14(13)19-11)17-7-6-12-9-16-10-18-12/h2-5,8-10H,6-7H2,1H3,(H,16,18)(H,17,19). The van der Waals surface area contributed by atoms with Crippen molar-refractivity contribution in [1.29, 1.82) is 0 Å². The number of para-hydroxylation sites is 1. The van der Waals surface area contributed by atoms with Gasteiger partial charge in [-0.05, 0) is 19.1 Å². The van der Waals surface area contributed by atoms with Crippen molar-refractivity contribution in [3.63, 3.8) is 0 Å². The molecule has 3 rings (SSSR count). The van der Waals surface area contributed by atoms with E-state index in [-0.39, 0.29) is 0 Å². The lowest BCUT2D eigenvalue weighted by atomic mass is 10.1. The second kappa shape index (κ2) is 5.10. The normalized spacial score (nSPS) is 10.8. The molecule has 0 spiro atoms. The van der Waals surface area contributed by atoms with Crippen LogP contribution in [0, 0.1) is 6.92 Å². The fraction of sp³-hybridized carbons (Fsp3) is 0.200. The van der Waals surface area contributed by atoms with Gasteiger partial charge in [0.1, 0.15) is 0 Å². The Morgan fingerprint density at radius 1 is 1.26 bits per heavy atom. The van der Waals surface area contributed by atoms with Crippen molar-refractivity contribution in [3.8, 4) is 0 Å². The van der Waals surface area contributed by atoms with E-state index in [1.54, 1.807) is 6.33 Å². The number of aromatic nitrogens is 3. The molecule has 0 saturated heterocycles. The molecule has 0 fully saturated rings. The Labute approximate surface area is 111 Å². The van der Waals surface area contributed by atoms with Crippen molar-refractivity contribution in [2.45, 2.75) is 13.3 Å². The summed E-state index contributed by atoms with van der Waals surface area (Å²) in [6.07, 6.45) is 4.49. The fourth-order valence-corrected chi connectivity index (χ4v) is 2.21. The first-order chi connectivity index (χ1) is 9.33. The number of anilines is 1. The number of fused-ring (bicyclic) bond motifs is 1. The van der Waals surface area contributed by atoms with E-state index in [0.717, 1.165) is 40.9 Å². The second-order valence-electron chi connectivity index (χ2n) is 4.58. The van der Waals surface area contributed by atoms with Crippen LogP contribution in [0.5, 0.6) is 0 Å². The molecule has 2 heterocycles. The van der Waals surface area contributed by atoms with Gasteiger partial charge in [-0.1, -0.05) is 18.2 Å². The van der Waals surface area contributed by atoms with Gasteiger partial charge in [-0.25, -0.2) is 4.98 Å². The molecule has 0 atom stereocenters. The summed E-state index contributed by atoms with van der Waals surface area (Å²) in [6, 6.07) is 10.3. The number of hydrogen-bond donors (Lipinski definition) is 2. The average Bonchev–Trinajstić information content (AvgIpc) is 2.91. The van der Waals surface area contributed by atoms with Gasteiger partial charge < -0.3 is 10.3 Å². The highest BCUT2D eigenvalue weighted by atomic mass is 14.9. The Balaban J connectivity index is 1.80. The maximum absolute atomic E-state index is 4.54. The molecule has 96 valence electrons. The van der Waals surface area contributed by atoms with Crippen molar-refractivity contribution in [3.05, 3.63) is 54.2 Å². The van der Waals surface area contributed by atoms with Crippen LogP contribution in [0.25, 0.3) is 10.9 Å². The topological polar surface area (TPSA) is 53.6 Å². The van der Waals surface area contributed by atoms with Gasteiger partial charge in [0.05, 0.1) is 11.8 Å². The van der Waals surface area contributed by atoms with Crippen LogP contribution in [0.1, 0.15) is 11.4 Å². The van der Waals surface area contributed by atoms with Gasteiger partial charge in [-0.3, -0.25) is 4.98 Å². The van der Waals surface area contributed by atoms with Crippen molar-refractivity contribution in [2.75, 3.05) is 11.9 Å². The zero-order valence-electron chi connectivity index (χ0n) is 10.9. The minimum atomic E-state index is 0.871. The summed E-state index contributed by atoms with van der Waals surface area (Å²) in [5, 5.41) is 4.64. The lowest BCUT2D eigenvalue weighted by Gasteiger charge is -2.10. The van der Waals surface area contributed by atoms with Crippen LogP contribution in [0.4, 0.5) is 5.69 Å². The van der Waals surface area contributed by atoms with E-state index in [0.29, 0.717) is 0 Å². The number of hydrogen-bond acceptors (Lipinski definition) is 3. The molecule has 0 aliphatic heterocycles. The average molecular weight is 252 g/mol. The Kier molecular flexibility index (Phi) is 3.14. The molecule has 19 heavy (non-hydrogen) atoms. The fourth-order valence-electron chi connectivity index (χ4n) is 2.21. The molecular weight excluding hydrogens is 236 g/mol. The summed E-state index contributed by atoms with van der Waals surface area (Å²) >= 11 is 0. The summed E-state index contributed by atoms with van der Waals surface area (Å²) in [5.74, 6) is 0. The van der Waals surface area contributed by atoms with E-state index in [9.17, 15) is 0 Å². The first-order valence-corrected chi connectivity index (χ1v) is 6.40. The predicted molar refractivity (Wildman–Crippen MR) is 77.3 cm³/mol. The molecule has 2 N–H and O–H groups in total. The molecule has 0 aliphatic rings. The minimum absolute atomic E-state index is 0.871. The van der Waals surface area contributed by atoms with Gasteiger partial charge in [0.15, 0.2) is 0 Å². The molecule has 2 aromatic heterocycles. The van der Waals surface area contributed by atoms with Crippen molar-refractivity contribution in [1.82, 2.24) is 15.0 Å². The van der Waals surface area contributed by atoms with Crippen LogP contribution in [0.15, 0.2) is 42.9 Å². The Bertz CT molecular complexity index is 674. The summed E-state index contributed by atoms with van der Waals surface area (Å²) in [7, 11) is 0. The second-order valence-corrected chi connectivity index (χ2v) is 4.58. The maximum atomic E-state index is 4.54. The number of benzene rings is 1. The van der Waals surface area contributed by atoms with Crippen molar-refractivity contribution >= 4 is 16.6 Å². The van der Waals surface area contributed by atoms with E-state index in [2.05, 4.69) is 32.4 Å². The van der Waals surface area contributed by atoms with Gasteiger partial charge in [-0.2, -0.15) is 0 Å². The van der Waals surface area contributed by atoms with E-state index in [4.69, 9.17) is 0 Å². The predicted octanol–water partition coefficient (Wildman–Crippen LogP) is 2.92. The number of pyridine rings is 1. The molecule has 3 aromatic rings. The summed E-state index contributed by atoms with van der Waals surface area (Å²) in [5.41, 5.74) is 4.35. The molecule has 0 amide bonds. The van der Waals surface area contributed by atoms with E-state index < -0.39 is 0 Å². The van der Waals surface area contributed by atoms with Crippen molar-refractivity contribution < 1.29 is 0 Å². The summed E-state index contributed by atoms with van der Waals surface area (Å²) in [6.45, 7) is 2.89. The van der Waals surface area contributed by atoms with Crippen LogP contribution in [0.2, 0.25) is 0 Å². The van der Waals surface area contributed by atoms with Crippen LogP contribution in [0.3, 0.4) is 0 Å². The Morgan fingerprint density at radius 2 is 2.16 bits per heavy atom. The molecular formula is C15H16N4. The van der Waals surface area contributed by atoms with Gasteiger partial charge >= 0.3 is 0 Å². The Hall–Kier alpha value is -2.36. The molecule has 4 nitrogen and oxygen atoms in total. The van der Waals surface area contributed by atoms with E-state index in [1.807, 2.05) is 31.3 Å². The molecule has 1 aromatic carbocycles. The smallest absolute Gasteiger partial charge is 0.0921 e. The van der Waals surface area contributed by atoms with Gasteiger partial charge in [0, 0.05) is 41.6 Å². The first-order valence-electron chi connectivity index (χ1n) is 6.40. The maximum Gasteiger partial charge on any atom is 0.0921 e. The number of imidazole rings is 1. The largest absolute Gasteiger partial charge is 0.384 e. The Morgan fingerprint density at radius 3 is 3.00 bits per heavy atom. The highest BCUT2D eigenvalue weighted by Crippen LogP contribution is 2.22.